The lowest BCUT2D eigenvalue weighted by Gasteiger charge is -2.25. The first-order valence-corrected chi connectivity index (χ1v) is 11.1. The lowest BCUT2D eigenvalue weighted by molar-refractivity contribution is -0.132. The van der Waals surface area contributed by atoms with Crippen molar-refractivity contribution in [2.24, 2.45) is 0 Å². The van der Waals surface area contributed by atoms with Crippen molar-refractivity contribution in [3.05, 3.63) is 63.6 Å². The number of likely N-dealkylation sites (N-methyl/N-ethyl adjacent to an activating group) is 1. The molecule has 0 radical (unpaired) electrons. The van der Waals surface area contributed by atoms with E-state index in [2.05, 4.69) is 5.32 Å². The summed E-state index contributed by atoms with van der Waals surface area (Å²) in [6.45, 7) is 0.371. The maximum Gasteiger partial charge on any atom is 0.253 e. The molecule has 5 nitrogen and oxygen atoms in total. The van der Waals surface area contributed by atoms with Gasteiger partial charge in [-0.3, -0.25) is 9.59 Å². The Morgan fingerprint density at radius 1 is 1.21 bits per heavy atom. The summed E-state index contributed by atoms with van der Waals surface area (Å²) >= 11 is 13.6. The second-order valence-corrected chi connectivity index (χ2v) is 8.27. The maximum atomic E-state index is 13.1. The molecule has 0 saturated carbocycles. The number of carbonyl (C=O) groups is 2. The second-order valence-electron chi connectivity index (χ2n) is 6.44. The molecule has 0 aliphatic heterocycles. The first-order valence-electron chi connectivity index (χ1n) is 8.99. The number of nitrogens with zero attached hydrogens (tertiary/aromatic N) is 1. The SMILES string of the molecule is COc1ccccc1CN(C)C(=O)C(CCSC)NC(=O)c1ccc(Cl)cc1Cl. The molecule has 29 heavy (non-hydrogen) atoms. The van der Waals surface area contributed by atoms with Gasteiger partial charge >= 0.3 is 0 Å². The number of hydrogen-bond acceptors (Lipinski definition) is 4. The molecular formula is C21H24Cl2N2O3S. The van der Waals surface area contributed by atoms with Crippen LogP contribution in [0.15, 0.2) is 42.5 Å². The minimum Gasteiger partial charge on any atom is -0.496 e. The molecule has 156 valence electrons. The van der Waals surface area contributed by atoms with Crippen molar-refractivity contribution < 1.29 is 14.3 Å². The van der Waals surface area contributed by atoms with Crippen LogP contribution in [-0.2, 0) is 11.3 Å². The molecule has 0 aliphatic rings. The molecule has 0 fully saturated rings. The quantitative estimate of drug-likeness (QED) is 0.605. The highest BCUT2D eigenvalue weighted by Gasteiger charge is 2.25. The van der Waals surface area contributed by atoms with Gasteiger partial charge in [0, 0.05) is 24.2 Å². The average Bonchev–Trinajstić information content (AvgIpc) is 2.70. The maximum absolute atomic E-state index is 13.1. The van der Waals surface area contributed by atoms with Gasteiger partial charge in [-0.05, 0) is 42.7 Å². The lowest BCUT2D eigenvalue weighted by Crippen LogP contribution is -2.47. The number of nitrogens with one attached hydrogen (secondary N) is 1. The van der Waals surface area contributed by atoms with Gasteiger partial charge in [-0.15, -0.1) is 0 Å². The lowest BCUT2D eigenvalue weighted by atomic mass is 10.1. The molecule has 2 aromatic carbocycles. The topological polar surface area (TPSA) is 58.6 Å². The van der Waals surface area contributed by atoms with Gasteiger partial charge < -0.3 is 15.0 Å². The predicted octanol–water partition coefficient (Wildman–Crippen LogP) is 4.51. The van der Waals surface area contributed by atoms with Gasteiger partial charge in [-0.1, -0.05) is 41.4 Å². The van der Waals surface area contributed by atoms with Gasteiger partial charge in [0.25, 0.3) is 5.91 Å². The van der Waals surface area contributed by atoms with E-state index in [-0.39, 0.29) is 16.5 Å². The minimum atomic E-state index is -0.665. The van der Waals surface area contributed by atoms with Crippen LogP contribution in [0.2, 0.25) is 10.0 Å². The normalized spacial score (nSPS) is 11.6. The molecule has 0 aromatic heterocycles. The number of thioether (sulfide) groups is 1. The average molecular weight is 455 g/mol. The molecular weight excluding hydrogens is 431 g/mol. The Morgan fingerprint density at radius 2 is 1.93 bits per heavy atom. The van der Waals surface area contributed by atoms with Crippen molar-refractivity contribution in [1.29, 1.82) is 0 Å². The van der Waals surface area contributed by atoms with Crippen molar-refractivity contribution in [3.8, 4) is 5.75 Å². The summed E-state index contributed by atoms with van der Waals surface area (Å²) in [5.41, 5.74) is 1.17. The third kappa shape index (κ3) is 6.56. The van der Waals surface area contributed by atoms with Crippen LogP contribution in [0.1, 0.15) is 22.3 Å². The van der Waals surface area contributed by atoms with Crippen molar-refractivity contribution in [3.63, 3.8) is 0 Å². The minimum absolute atomic E-state index is 0.177. The van der Waals surface area contributed by atoms with Gasteiger partial charge in [0.2, 0.25) is 5.91 Å². The smallest absolute Gasteiger partial charge is 0.253 e. The highest BCUT2D eigenvalue weighted by Crippen LogP contribution is 2.22. The summed E-state index contributed by atoms with van der Waals surface area (Å²) in [5, 5.41) is 3.51. The van der Waals surface area contributed by atoms with Crippen molar-refractivity contribution in [2.75, 3.05) is 26.2 Å². The first kappa shape index (κ1) is 23.4. The zero-order chi connectivity index (χ0) is 21.4. The number of ether oxygens (including phenoxy) is 1. The van der Waals surface area contributed by atoms with Gasteiger partial charge in [0.1, 0.15) is 11.8 Å². The summed E-state index contributed by atoms with van der Waals surface area (Å²) in [4.78, 5) is 27.4. The molecule has 1 atom stereocenters. The Hall–Kier alpha value is -1.89. The van der Waals surface area contributed by atoms with E-state index in [1.165, 1.54) is 6.07 Å². The number of amides is 2. The Balaban J connectivity index is 2.15. The molecule has 0 heterocycles. The monoisotopic (exact) mass is 454 g/mol. The number of halogens is 2. The van der Waals surface area contributed by atoms with Crippen LogP contribution in [0, 0.1) is 0 Å². The molecule has 0 aliphatic carbocycles. The van der Waals surface area contributed by atoms with Crippen LogP contribution in [0.25, 0.3) is 0 Å². The molecule has 1 N–H and O–H groups in total. The van der Waals surface area contributed by atoms with Crippen LogP contribution in [0.5, 0.6) is 5.75 Å². The van der Waals surface area contributed by atoms with E-state index in [1.807, 2.05) is 30.5 Å². The van der Waals surface area contributed by atoms with Crippen LogP contribution in [-0.4, -0.2) is 48.9 Å². The van der Waals surface area contributed by atoms with E-state index in [0.717, 1.165) is 11.3 Å². The zero-order valence-electron chi connectivity index (χ0n) is 16.6. The van der Waals surface area contributed by atoms with Gasteiger partial charge in [-0.25, -0.2) is 0 Å². The summed E-state index contributed by atoms with van der Waals surface area (Å²) in [7, 11) is 3.31. The number of para-hydroxylation sites is 1. The highest BCUT2D eigenvalue weighted by atomic mass is 35.5. The van der Waals surface area contributed by atoms with E-state index in [9.17, 15) is 9.59 Å². The summed E-state index contributed by atoms with van der Waals surface area (Å²) in [5.74, 6) is 0.859. The molecule has 0 bridgehead atoms. The Bertz CT molecular complexity index is 864. The van der Waals surface area contributed by atoms with E-state index in [1.54, 1.807) is 43.0 Å². The van der Waals surface area contributed by atoms with Gasteiger partial charge in [0.05, 0.1) is 17.7 Å². The molecule has 0 saturated heterocycles. The molecule has 0 spiro atoms. The molecule has 2 rings (SSSR count). The molecule has 2 aromatic rings. The van der Waals surface area contributed by atoms with Gasteiger partial charge in [-0.2, -0.15) is 11.8 Å². The van der Waals surface area contributed by atoms with Crippen LogP contribution in [0.3, 0.4) is 0 Å². The first-order chi connectivity index (χ1) is 13.9. The fourth-order valence-corrected chi connectivity index (χ4v) is 3.80. The number of carbonyl (C=O) groups excluding carboxylic acids is 2. The summed E-state index contributed by atoms with van der Waals surface area (Å²) in [6, 6.07) is 11.5. The zero-order valence-corrected chi connectivity index (χ0v) is 18.9. The Morgan fingerprint density at radius 3 is 2.59 bits per heavy atom. The van der Waals surface area contributed by atoms with Crippen molar-refractivity contribution in [2.45, 2.75) is 19.0 Å². The van der Waals surface area contributed by atoms with E-state index >= 15 is 0 Å². The van der Waals surface area contributed by atoms with Crippen molar-refractivity contribution >= 4 is 46.8 Å². The summed E-state index contributed by atoms with van der Waals surface area (Å²) < 4.78 is 5.36. The van der Waals surface area contributed by atoms with Crippen molar-refractivity contribution in [1.82, 2.24) is 10.2 Å². The van der Waals surface area contributed by atoms with E-state index < -0.39 is 11.9 Å². The van der Waals surface area contributed by atoms with Crippen LogP contribution >= 0.6 is 35.0 Å². The Labute approximate surface area is 185 Å². The highest BCUT2D eigenvalue weighted by molar-refractivity contribution is 7.98. The van der Waals surface area contributed by atoms with E-state index in [0.29, 0.717) is 23.7 Å². The third-order valence-corrected chi connectivity index (χ3v) is 5.56. The largest absolute Gasteiger partial charge is 0.496 e. The number of methoxy groups -OCH3 is 1. The second kappa shape index (κ2) is 11.3. The predicted molar refractivity (Wildman–Crippen MR) is 120 cm³/mol. The standard InChI is InChI=1S/C21H24Cl2N2O3S/c1-25(13-14-6-4-5-7-19(14)28-2)21(27)18(10-11-29-3)24-20(26)16-9-8-15(22)12-17(16)23/h4-9,12,18H,10-11,13H2,1-3H3,(H,24,26). The van der Waals surface area contributed by atoms with Gasteiger partial charge in [0.15, 0.2) is 0 Å². The number of rotatable bonds is 9. The fraction of sp³-hybridized carbons (Fsp3) is 0.333. The van der Waals surface area contributed by atoms with E-state index in [4.69, 9.17) is 27.9 Å². The molecule has 1 unspecified atom stereocenters. The number of benzene rings is 2. The summed E-state index contributed by atoms with van der Waals surface area (Å²) in [6.07, 6.45) is 2.46. The third-order valence-electron chi connectivity index (χ3n) is 4.37. The molecule has 8 heteroatoms. The number of hydrogen-bond donors (Lipinski definition) is 1. The fourth-order valence-electron chi connectivity index (χ4n) is 2.84. The van der Waals surface area contributed by atoms with Crippen LogP contribution in [0.4, 0.5) is 0 Å². The molecule has 2 amide bonds. The Kier molecular flexibility index (Phi) is 9.14. The van der Waals surface area contributed by atoms with Crippen LogP contribution < -0.4 is 10.1 Å².